The third-order valence-corrected chi connectivity index (χ3v) is 2.40. The van der Waals surface area contributed by atoms with E-state index in [1.165, 1.54) is 16.5 Å². The highest BCUT2D eigenvalue weighted by atomic mass is 19.1. The Morgan fingerprint density at radius 1 is 1.22 bits per heavy atom. The number of hydrogen-bond acceptors (Lipinski definition) is 4. The van der Waals surface area contributed by atoms with Crippen molar-refractivity contribution in [3.8, 4) is 0 Å². The van der Waals surface area contributed by atoms with Gasteiger partial charge in [-0.25, -0.2) is 18.7 Å². The van der Waals surface area contributed by atoms with Crippen LogP contribution in [-0.2, 0) is 0 Å². The van der Waals surface area contributed by atoms with Gasteiger partial charge in [-0.15, -0.1) is 5.10 Å². The molecule has 0 fully saturated rings. The molecule has 0 bridgehead atoms. The molecule has 3 aromatic rings. The van der Waals surface area contributed by atoms with Crippen molar-refractivity contribution >= 4 is 17.3 Å². The first-order valence-electron chi connectivity index (χ1n) is 5.19. The maximum Gasteiger partial charge on any atom is 0.348 e. The number of rotatable bonds is 2. The zero-order chi connectivity index (χ0) is 12.5. The lowest BCUT2D eigenvalue weighted by Gasteiger charge is -2.04. The van der Waals surface area contributed by atoms with Gasteiger partial charge in [0.05, 0.1) is 0 Å². The lowest BCUT2D eigenvalue weighted by atomic mass is 10.3. The van der Waals surface area contributed by atoms with Crippen LogP contribution >= 0.6 is 0 Å². The molecule has 2 aromatic heterocycles. The molecule has 0 saturated heterocycles. The van der Waals surface area contributed by atoms with Crippen molar-refractivity contribution in [2.75, 3.05) is 5.32 Å². The first kappa shape index (κ1) is 10.5. The standard InChI is InChI=1S/C11H8FN5O/c12-7-1-3-8(4-2-7)13-9-5-6-17-10(14-9)15-16-11(17)18/h1-6H,(H,16,18)(H,13,14,15). The fraction of sp³-hybridized carbons (Fsp3) is 0. The van der Waals surface area contributed by atoms with Crippen LogP contribution in [0.25, 0.3) is 5.78 Å². The van der Waals surface area contributed by atoms with Crippen molar-refractivity contribution in [3.63, 3.8) is 0 Å². The summed E-state index contributed by atoms with van der Waals surface area (Å²) in [4.78, 5) is 15.4. The molecule has 0 saturated carbocycles. The van der Waals surface area contributed by atoms with Crippen LogP contribution in [0.15, 0.2) is 41.3 Å². The van der Waals surface area contributed by atoms with Crippen LogP contribution in [0.2, 0.25) is 0 Å². The Balaban J connectivity index is 1.95. The molecule has 0 amide bonds. The van der Waals surface area contributed by atoms with Crippen molar-refractivity contribution in [2.24, 2.45) is 0 Å². The Hall–Kier alpha value is -2.70. The second-order valence-corrected chi connectivity index (χ2v) is 3.64. The monoisotopic (exact) mass is 245 g/mol. The van der Waals surface area contributed by atoms with Crippen LogP contribution in [0, 0.1) is 5.82 Å². The van der Waals surface area contributed by atoms with Crippen LogP contribution in [0.3, 0.4) is 0 Å². The Morgan fingerprint density at radius 3 is 2.78 bits per heavy atom. The molecule has 0 aliphatic heterocycles. The Morgan fingerprint density at radius 2 is 2.00 bits per heavy atom. The Kier molecular flexibility index (Phi) is 2.30. The van der Waals surface area contributed by atoms with Gasteiger partial charge in [-0.05, 0) is 30.3 Å². The molecule has 6 nitrogen and oxygen atoms in total. The number of nitrogens with zero attached hydrogens (tertiary/aromatic N) is 3. The van der Waals surface area contributed by atoms with Crippen LogP contribution in [0.1, 0.15) is 0 Å². The molecule has 7 heteroatoms. The van der Waals surface area contributed by atoms with E-state index in [0.717, 1.165) is 0 Å². The molecule has 2 N–H and O–H groups in total. The van der Waals surface area contributed by atoms with Gasteiger partial charge in [0, 0.05) is 11.9 Å². The third-order valence-electron chi connectivity index (χ3n) is 2.40. The zero-order valence-corrected chi connectivity index (χ0v) is 9.09. The minimum atomic E-state index is -0.342. The number of aromatic amines is 1. The van der Waals surface area contributed by atoms with Gasteiger partial charge in [0.2, 0.25) is 0 Å². The van der Waals surface area contributed by atoms with Crippen molar-refractivity contribution in [2.45, 2.75) is 0 Å². The van der Waals surface area contributed by atoms with Gasteiger partial charge in [0.1, 0.15) is 11.6 Å². The van der Waals surface area contributed by atoms with Crippen LogP contribution in [-0.4, -0.2) is 19.6 Å². The summed E-state index contributed by atoms with van der Waals surface area (Å²) in [6.45, 7) is 0. The third kappa shape index (κ3) is 1.81. The summed E-state index contributed by atoms with van der Waals surface area (Å²) in [6, 6.07) is 7.52. The van der Waals surface area contributed by atoms with Crippen LogP contribution in [0.5, 0.6) is 0 Å². The molecule has 0 atom stereocenters. The number of fused-ring (bicyclic) bond motifs is 1. The summed E-state index contributed by atoms with van der Waals surface area (Å²) in [6.07, 6.45) is 1.56. The minimum absolute atomic E-state index is 0.270. The lowest BCUT2D eigenvalue weighted by Crippen LogP contribution is -2.09. The number of halogens is 1. The molecule has 2 heterocycles. The first-order valence-corrected chi connectivity index (χ1v) is 5.19. The smallest absolute Gasteiger partial charge is 0.340 e. The minimum Gasteiger partial charge on any atom is -0.340 e. The van der Waals surface area contributed by atoms with Crippen LogP contribution < -0.4 is 11.0 Å². The predicted octanol–water partition coefficient (Wildman–Crippen LogP) is 1.30. The van der Waals surface area contributed by atoms with Crippen molar-refractivity contribution < 1.29 is 4.39 Å². The molecule has 3 rings (SSSR count). The molecule has 18 heavy (non-hydrogen) atoms. The molecule has 0 unspecified atom stereocenters. The molecule has 1 aromatic carbocycles. The van der Waals surface area contributed by atoms with Crippen LogP contribution in [0.4, 0.5) is 15.9 Å². The fourth-order valence-electron chi connectivity index (χ4n) is 1.55. The van der Waals surface area contributed by atoms with Crippen molar-refractivity contribution in [1.29, 1.82) is 0 Å². The average Bonchev–Trinajstić information content (AvgIpc) is 2.74. The van der Waals surface area contributed by atoms with E-state index >= 15 is 0 Å². The zero-order valence-electron chi connectivity index (χ0n) is 9.09. The molecular weight excluding hydrogens is 237 g/mol. The SMILES string of the molecule is O=c1[nH]nc2nc(Nc3ccc(F)cc3)ccn12. The highest BCUT2D eigenvalue weighted by molar-refractivity contribution is 5.56. The van der Waals surface area contributed by atoms with E-state index in [1.807, 2.05) is 0 Å². The quantitative estimate of drug-likeness (QED) is 0.713. The summed E-state index contributed by atoms with van der Waals surface area (Å²) in [5.74, 6) is 0.489. The highest BCUT2D eigenvalue weighted by Crippen LogP contribution is 2.14. The number of hydrogen-bond donors (Lipinski definition) is 2. The van der Waals surface area contributed by atoms with E-state index in [0.29, 0.717) is 11.5 Å². The predicted molar refractivity (Wildman–Crippen MR) is 63.3 cm³/mol. The summed E-state index contributed by atoms with van der Waals surface area (Å²) >= 11 is 0. The van der Waals surface area contributed by atoms with E-state index in [4.69, 9.17) is 0 Å². The average molecular weight is 245 g/mol. The van der Waals surface area contributed by atoms with Crippen molar-refractivity contribution in [1.82, 2.24) is 19.6 Å². The van der Waals surface area contributed by atoms with Gasteiger partial charge in [0.15, 0.2) is 0 Å². The second kappa shape index (κ2) is 3.95. The molecule has 0 aliphatic rings. The normalized spacial score (nSPS) is 10.7. The maximum absolute atomic E-state index is 12.7. The van der Waals surface area contributed by atoms with Crippen molar-refractivity contribution in [3.05, 3.63) is 52.8 Å². The number of nitrogens with one attached hydrogen (secondary N) is 2. The molecule has 0 aliphatic carbocycles. The number of anilines is 2. The molecule has 0 spiro atoms. The van der Waals surface area contributed by atoms with E-state index in [9.17, 15) is 9.18 Å². The topological polar surface area (TPSA) is 75.1 Å². The molecular formula is C11H8FN5O. The Bertz CT molecular complexity index is 746. The first-order chi connectivity index (χ1) is 8.72. The van der Waals surface area contributed by atoms with Gasteiger partial charge in [-0.2, -0.15) is 4.98 Å². The lowest BCUT2D eigenvalue weighted by molar-refractivity contribution is 0.628. The summed E-state index contributed by atoms with van der Waals surface area (Å²) in [7, 11) is 0. The maximum atomic E-state index is 12.7. The van der Waals surface area contributed by atoms with Gasteiger partial charge < -0.3 is 5.32 Å². The number of aromatic nitrogens is 4. The Labute approximate surface area is 100 Å². The van der Waals surface area contributed by atoms with E-state index in [2.05, 4.69) is 20.5 Å². The van der Waals surface area contributed by atoms with Gasteiger partial charge in [-0.3, -0.25) is 0 Å². The molecule has 90 valence electrons. The highest BCUT2D eigenvalue weighted by Gasteiger charge is 2.02. The summed E-state index contributed by atoms with van der Waals surface area (Å²) < 4.78 is 14.0. The summed E-state index contributed by atoms with van der Waals surface area (Å²) in [5, 5.41) is 9.03. The fourth-order valence-corrected chi connectivity index (χ4v) is 1.55. The van der Waals surface area contributed by atoms with E-state index < -0.39 is 0 Å². The van der Waals surface area contributed by atoms with Gasteiger partial charge in [0.25, 0.3) is 5.78 Å². The second-order valence-electron chi connectivity index (χ2n) is 3.64. The molecule has 0 radical (unpaired) electrons. The van der Waals surface area contributed by atoms with E-state index in [-0.39, 0.29) is 17.3 Å². The van der Waals surface area contributed by atoms with Gasteiger partial charge >= 0.3 is 5.69 Å². The largest absolute Gasteiger partial charge is 0.348 e. The number of benzene rings is 1. The van der Waals surface area contributed by atoms with E-state index in [1.54, 1.807) is 24.4 Å². The van der Waals surface area contributed by atoms with Gasteiger partial charge in [-0.1, -0.05) is 0 Å². The number of H-pyrrole nitrogens is 1. The summed E-state index contributed by atoms with van der Waals surface area (Å²) in [5.41, 5.74) is 0.358.